The summed E-state index contributed by atoms with van der Waals surface area (Å²) in [5.41, 5.74) is 0.666. The summed E-state index contributed by atoms with van der Waals surface area (Å²) in [4.78, 5) is 11.9. The summed E-state index contributed by atoms with van der Waals surface area (Å²) >= 11 is 1.82. The van der Waals surface area contributed by atoms with Gasteiger partial charge in [-0.05, 0) is 23.8 Å². The molecule has 1 unspecified atom stereocenters. The van der Waals surface area contributed by atoms with Crippen molar-refractivity contribution in [3.05, 3.63) is 42.0 Å². The number of hydrogen-bond acceptors (Lipinski definition) is 4. The molecule has 1 amide bonds. The van der Waals surface area contributed by atoms with Crippen molar-refractivity contribution < 1.29 is 14.6 Å². The van der Waals surface area contributed by atoms with E-state index in [1.165, 1.54) is 6.08 Å². The van der Waals surface area contributed by atoms with E-state index in [0.717, 1.165) is 23.5 Å². The van der Waals surface area contributed by atoms with Crippen molar-refractivity contribution in [3.63, 3.8) is 0 Å². The van der Waals surface area contributed by atoms with Crippen LogP contribution in [0.1, 0.15) is 12.0 Å². The van der Waals surface area contributed by atoms with E-state index in [0.29, 0.717) is 13.2 Å². The van der Waals surface area contributed by atoms with Crippen LogP contribution in [0.5, 0.6) is 0 Å². The smallest absolute Gasteiger partial charge is 0.244 e. The number of aliphatic hydroxyl groups is 1. The maximum Gasteiger partial charge on any atom is 0.244 e. The molecular weight excluding hydrogens is 286 g/mol. The van der Waals surface area contributed by atoms with Crippen LogP contribution < -0.4 is 5.32 Å². The fraction of sp³-hybridized carbons (Fsp3) is 0.438. The highest BCUT2D eigenvalue weighted by Crippen LogP contribution is 2.30. The Hall–Kier alpha value is -1.30. The minimum atomic E-state index is -0.330. The van der Waals surface area contributed by atoms with Crippen LogP contribution >= 0.6 is 11.8 Å². The third-order valence-corrected chi connectivity index (χ3v) is 4.60. The summed E-state index contributed by atoms with van der Waals surface area (Å²) < 4.78 is 5.74. The number of aliphatic hydroxyl groups excluding tert-OH is 1. The standard InChI is InChI=1S/C16H21NO3S/c18-9-10-20-16(8-11-21-13-16)12-17-15(19)7-6-14-4-2-1-3-5-14/h1-7,18H,8-13H2,(H,17,19). The van der Waals surface area contributed by atoms with Crippen molar-refractivity contribution in [2.75, 3.05) is 31.3 Å². The predicted octanol–water partition coefficient (Wildman–Crippen LogP) is 1.70. The van der Waals surface area contributed by atoms with E-state index in [2.05, 4.69) is 5.32 Å². The van der Waals surface area contributed by atoms with E-state index >= 15 is 0 Å². The maximum atomic E-state index is 11.9. The summed E-state index contributed by atoms with van der Waals surface area (Å²) in [5, 5.41) is 11.8. The molecule has 0 saturated carbocycles. The second-order valence-corrected chi connectivity index (χ2v) is 6.12. The molecule has 1 heterocycles. The van der Waals surface area contributed by atoms with Gasteiger partial charge in [-0.25, -0.2) is 0 Å². The molecule has 1 aliphatic rings. The predicted molar refractivity (Wildman–Crippen MR) is 86.2 cm³/mol. The van der Waals surface area contributed by atoms with Gasteiger partial charge in [0.25, 0.3) is 0 Å². The van der Waals surface area contributed by atoms with E-state index in [1.807, 2.05) is 42.1 Å². The Kier molecular flexibility index (Phi) is 6.29. The van der Waals surface area contributed by atoms with Crippen molar-refractivity contribution in [2.24, 2.45) is 0 Å². The molecule has 2 N–H and O–H groups in total. The van der Waals surface area contributed by atoms with Crippen molar-refractivity contribution in [3.8, 4) is 0 Å². The Balaban J connectivity index is 1.83. The quantitative estimate of drug-likeness (QED) is 0.753. The van der Waals surface area contributed by atoms with Gasteiger partial charge in [-0.3, -0.25) is 4.79 Å². The molecule has 1 aliphatic heterocycles. The van der Waals surface area contributed by atoms with Gasteiger partial charge >= 0.3 is 0 Å². The van der Waals surface area contributed by atoms with Crippen molar-refractivity contribution >= 4 is 23.7 Å². The fourth-order valence-electron chi connectivity index (χ4n) is 2.20. The number of hydrogen-bond donors (Lipinski definition) is 2. The molecule has 114 valence electrons. The first-order valence-electron chi connectivity index (χ1n) is 7.08. The molecule has 0 aliphatic carbocycles. The number of ether oxygens (including phenoxy) is 1. The lowest BCUT2D eigenvalue weighted by molar-refractivity contribution is -0.118. The molecular formula is C16H21NO3S. The largest absolute Gasteiger partial charge is 0.394 e. The number of thioether (sulfide) groups is 1. The molecule has 1 aromatic rings. The van der Waals surface area contributed by atoms with Gasteiger partial charge in [-0.15, -0.1) is 0 Å². The molecule has 4 nitrogen and oxygen atoms in total. The van der Waals surface area contributed by atoms with Crippen LogP contribution in [0.4, 0.5) is 0 Å². The minimum Gasteiger partial charge on any atom is -0.394 e. The van der Waals surface area contributed by atoms with Crippen LogP contribution in [0, 0.1) is 0 Å². The van der Waals surface area contributed by atoms with E-state index < -0.39 is 0 Å². The van der Waals surface area contributed by atoms with Crippen molar-refractivity contribution in [1.82, 2.24) is 5.32 Å². The summed E-state index contributed by atoms with van der Waals surface area (Å²) in [6, 6.07) is 9.71. The Bertz CT molecular complexity index is 470. The number of carbonyl (C=O) groups is 1. The number of benzene rings is 1. The number of rotatable bonds is 7. The van der Waals surface area contributed by atoms with Crippen LogP contribution in [0.3, 0.4) is 0 Å². The minimum absolute atomic E-state index is 0.00821. The lowest BCUT2D eigenvalue weighted by Crippen LogP contribution is -2.45. The maximum absolute atomic E-state index is 11.9. The Morgan fingerprint density at radius 1 is 1.43 bits per heavy atom. The summed E-state index contributed by atoms with van der Waals surface area (Å²) in [6.45, 7) is 0.808. The molecule has 0 radical (unpaired) electrons. The molecule has 21 heavy (non-hydrogen) atoms. The third kappa shape index (κ3) is 5.19. The highest BCUT2D eigenvalue weighted by Gasteiger charge is 2.35. The van der Waals surface area contributed by atoms with Crippen LogP contribution in [0.25, 0.3) is 6.08 Å². The zero-order valence-electron chi connectivity index (χ0n) is 12.0. The first kappa shape index (κ1) is 16.1. The first-order valence-corrected chi connectivity index (χ1v) is 8.23. The molecule has 0 bridgehead atoms. The summed E-state index contributed by atoms with van der Waals surface area (Å²) in [6.07, 6.45) is 4.23. The van der Waals surface area contributed by atoms with E-state index in [-0.39, 0.29) is 18.1 Å². The average molecular weight is 307 g/mol. The van der Waals surface area contributed by atoms with Crippen molar-refractivity contribution in [1.29, 1.82) is 0 Å². The van der Waals surface area contributed by atoms with Gasteiger partial charge in [0.1, 0.15) is 0 Å². The zero-order valence-corrected chi connectivity index (χ0v) is 12.8. The topological polar surface area (TPSA) is 58.6 Å². The van der Waals surface area contributed by atoms with E-state index in [4.69, 9.17) is 9.84 Å². The van der Waals surface area contributed by atoms with Gasteiger partial charge in [0, 0.05) is 18.4 Å². The van der Waals surface area contributed by atoms with Crippen LogP contribution in [0.2, 0.25) is 0 Å². The SMILES string of the molecule is O=C(C=Cc1ccccc1)NCC1(OCCO)CCSC1. The van der Waals surface area contributed by atoms with Crippen LogP contribution in [0.15, 0.2) is 36.4 Å². The lowest BCUT2D eigenvalue weighted by atomic mass is 10.0. The van der Waals surface area contributed by atoms with Gasteiger partial charge in [0.2, 0.25) is 5.91 Å². The zero-order chi connectivity index (χ0) is 15.0. The monoisotopic (exact) mass is 307 g/mol. The molecule has 1 fully saturated rings. The molecule has 0 spiro atoms. The van der Waals surface area contributed by atoms with E-state index in [9.17, 15) is 4.79 Å². The third-order valence-electron chi connectivity index (χ3n) is 3.38. The normalized spacial score (nSPS) is 21.8. The van der Waals surface area contributed by atoms with Gasteiger partial charge in [-0.1, -0.05) is 30.3 Å². The molecule has 5 heteroatoms. The second kappa shape index (κ2) is 8.22. The first-order chi connectivity index (χ1) is 10.2. The lowest BCUT2D eigenvalue weighted by Gasteiger charge is -2.28. The summed E-state index contributed by atoms with van der Waals surface area (Å²) in [5.74, 6) is 1.76. The molecule has 1 aromatic carbocycles. The molecule has 1 atom stereocenters. The molecule has 2 rings (SSSR count). The Morgan fingerprint density at radius 3 is 2.90 bits per heavy atom. The number of amides is 1. The van der Waals surface area contributed by atoms with Crippen LogP contribution in [-0.4, -0.2) is 47.9 Å². The van der Waals surface area contributed by atoms with Gasteiger partial charge < -0.3 is 15.2 Å². The average Bonchev–Trinajstić information content (AvgIpc) is 2.99. The summed E-state index contributed by atoms with van der Waals surface area (Å²) in [7, 11) is 0. The molecule has 0 aromatic heterocycles. The Morgan fingerprint density at radius 2 is 2.24 bits per heavy atom. The van der Waals surface area contributed by atoms with E-state index in [1.54, 1.807) is 6.08 Å². The van der Waals surface area contributed by atoms with Gasteiger partial charge in [0.05, 0.1) is 18.8 Å². The number of carbonyl (C=O) groups excluding carboxylic acids is 1. The molecule has 1 saturated heterocycles. The Labute approximate surface area is 129 Å². The fourth-order valence-corrected chi connectivity index (χ4v) is 3.56. The van der Waals surface area contributed by atoms with Gasteiger partial charge in [0.15, 0.2) is 0 Å². The highest BCUT2D eigenvalue weighted by molar-refractivity contribution is 7.99. The van der Waals surface area contributed by atoms with Gasteiger partial charge in [-0.2, -0.15) is 11.8 Å². The number of nitrogens with one attached hydrogen (secondary N) is 1. The highest BCUT2D eigenvalue weighted by atomic mass is 32.2. The van der Waals surface area contributed by atoms with Crippen LogP contribution in [-0.2, 0) is 9.53 Å². The van der Waals surface area contributed by atoms with Crippen molar-refractivity contribution in [2.45, 2.75) is 12.0 Å². The second-order valence-electron chi connectivity index (χ2n) is 5.02.